The Kier molecular flexibility index (Phi) is 2.37. The lowest BCUT2D eigenvalue weighted by Gasteiger charge is -1.98. The molecule has 0 atom stereocenters. The smallest absolute Gasteiger partial charge is 0.350 e. The van der Waals surface area contributed by atoms with Crippen LogP contribution >= 0.6 is 0 Å². The summed E-state index contributed by atoms with van der Waals surface area (Å²) in [5.74, 6) is 4.36. The van der Waals surface area contributed by atoms with Crippen LogP contribution in [-0.2, 0) is 0 Å². The first-order valence-electron chi connectivity index (χ1n) is 3.11. The minimum Gasteiger partial charge on any atom is -0.384 e. The van der Waals surface area contributed by atoms with Crippen molar-refractivity contribution in [2.75, 3.05) is 0 Å². The Morgan fingerprint density at radius 3 is 2.92 bits per heavy atom. The highest BCUT2D eigenvalue weighted by Gasteiger charge is 2.22. The molecule has 0 fully saturated rings. The van der Waals surface area contributed by atoms with Crippen molar-refractivity contribution >= 4 is 5.69 Å². The fraction of sp³-hybridized carbons (Fsp3) is 0. The molecule has 0 unspecified atom stereocenters. The van der Waals surface area contributed by atoms with Gasteiger partial charge in [-0.2, -0.15) is 11.2 Å². The van der Waals surface area contributed by atoms with Crippen LogP contribution in [0.15, 0.2) is 12.3 Å². The summed E-state index contributed by atoms with van der Waals surface area (Å²) in [4.78, 5) is 17.3. The van der Waals surface area contributed by atoms with Crippen molar-refractivity contribution in [3.05, 3.63) is 27.9 Å². The summed E-state index contributed by atoms with van der Waals surface area (Å²) in [6.45, 7) is 0. The quantitative estimate of drug-likeness (QED) is 0.510. The number of pyridine rings is 1. The van der Waals surface area contributed by atoms with E-state index in [-0.39, 0.29) is 11.4 Å². The zero-order chi connectivity index (χ0) is 9.84. The minimum atomic E-state index is -0.770. The topological polar surface area (TPSA) is 115 Å². The van der Waals surface area contributed by atoms with E-state index >= 15 is 0 Å². The molecule has 0 saturated carbocycles. The maximum atomic E-state index is 10.4. The maximum absolute atomic E-state index is 10.4. The van der Waals surface area contributed by atoms with E-state index in [9.17, 15) is 10.1 Å². The van der Waals surface area contributed by atoms with Gasteiger partial charge >= 0.3 is 11.6 Å². The van der Waals surface area contributed by atoms with Gasteiger partial charge in [0, 0.05) is 6.20 Å². The molecule has 7 nitrogen and oxygen atoms in total. The number of rotatable bonds is 2. The van der Waals surface area contributed by atoms with Gasteiger partial charge in [0.15, 0.2) is 0 Å². The van der Waals surface area contributed by atoms with Gasteiger partial charge < -0.3 is 4.84 Å². The molecular weight excluding hydrogens is 176 g/mol. The van der Waals surface area contributed by atoms with Crippen molar-refractivity contribution in [3.63, 3.8) is 0 Å². The molecule has 1 aromatic heterocycles. The van der Waals surface area contributed by atoms with Gasteiger partial charge in [-0.1, -0.05) is 0 Å². The van der Waals surface area contributed by atoms with Gasteiger partial charge in [0.1, 0.15) is 11.6 Å². The molecule has 13 heavy (non-hydrogen) atoms. The Morgan fingerprint density at radius 2 is 2.46 bits per heavy atom. The largest absolute Gasteiger partial charge is 0.384 e. The van der Waals surface area contributed by atoms with Gasteiger partial charge in [-0.05, 0) is 6.07 Å². The predicted octanol–water partition coefficient (Wildman–Crippen LogP) is 0.114. The Labute approximate surface area is 72.5 Å². The first kappa shape index (κ1) is 8.89. The van der Waals surface area contributed by atoms with E-state index in [0.29, 0.717) is 0 Å². The highest BCUT2D eigenvalue weighted by molar-refractivity contribution is 5.54. The van der Waals surface area contributed by atoms with E-state index in [1.54, 1.807) is 6.07 Å². The first-order chi connectivity index (χ1) is 6.20. The van der Waals surface area contributed by atoms with Crippen molar-refractivity contribution in [2.45, 2.75) is 0 Å². The molecule has 0 aliphatic heterocycles. The molecule has 1 heterocycles. The van der Waals surface area contributed by atoms with E-state index in [2.05, 4.69) is 9.82 Å². The van der Waals surface area contributed by atoms with Gasteiger partial charge in [-0.3, -0.25) is 10.1 Å². The summed E-state index contributed by atoms with van der Waals surface area (Å²) in [6, 6.07) is 2.84. The molecule has 7 heteroatoms. The van der Waals surface area contributed by atoms with Crippen molar-refractivity contribution in [1.29, 1.82) is 5.26 Å². The molecule has 0 aliphatic carbocycles. The molecule has 66 valence electrons. The SMILES string of the molecule is N#Cc1ccnc(ON)c1[N+](=O)[O-]. The lowest BCUT2D eigenvalue weighted by molar-refractivity contribution is -0.386. The van der Waals surface area contributed by atoms with Gasteiger partial charge in [0.25, 0.3) is 0 Å². The number of nitrogens with two attached hydrogens (primary N) is 1. The minimum absolute atomic E-state index is 0.138. The molecule has 1 rings (SSSR count). The Hall–Kier alpha value is -2.20. The van der Waals surface area contributed by atoms with Crippen LogP contribution in [0.5, 0.6) is 5.88 Å². The van der Waals surface area contributed by atoms with Crippen LogP contribution in [-0.4, -0.2) is 9.91 Å². The summed E-state index contributed by atoms with van der Waals surface area (Å²) in [5, 5.41) is 18.9. The summed E-state index contributed by atoms with van der Waals surface area (Å²) >= 11 is 0. The molecule has 0 saturated heterocycles. The van der Waals surface area contributed by atoms with Crippen molar-refractivity contribution in [1.82, 2.24) is 4.98 Å². The number of hydrogen-bond donors (Lipinski definition) is 1. The molecule has 0 radical (unpaired) electrons. The normalized spacial score (nSPS) is 8.92. The third-order valence-electron chi connectivity index (χ3n) is 1.31. The second-order valence-electron chi connectivity index (χ2n) is 2.00. The van der Waals surface area contributed by atoms with Crippen LogP contribution in [0.3, 0.4) is 0 Å². The van der Waals surface area contributed by atoms with Gasteiger partial charge in [0.2, 0.25) is 0 Å². The molecule has 0 spiro atoms. The summed E-state index contributed by atoms with van der Waals surface area (Å²) in [5.41, 5.74) is -0.659. The summed E-state index contributed by atoms with van der Waals surface area (Å²) in [6.07, 6.45) is 1.20. The monoisotopic (exact) mass is 180 g/mol. The lowest BCUT2D eigenvalue weighted by atomic mass is 10.2. The second-order valence-corrected chi connectivity index (χ2v) is 2.00. The highest BCUT2D eigenvalue weighted by atomic mass is 16.6. The Balaban J connectivity index is 3.41. The van der Waals surface area contributed by atoms with E-state index < -0.39 is 10.6 Å². The third kappa shape index (κ3) is 1.52. The van der Waals surface area contributed by atoms with Crippen LogP contribution in [0.2, 0.25) is 0 Å². The molecule has 2 N–H and O–H groups in total. The van der Waals surface area contributed by atoms with Crippen molar-refractivity contribution in [2.24, 2.45) is 5.90 Å². The van der Waals surface area contributed by atoms with Gasteiger partial charge in [-0.15, -0.1) is 0 Å². The first-order valence-corrected chi connectivity index (χ1v) is 3.11. The van der Waals surface area contributed by atoms with Gasteiger partial charge in [-0.25, -0.2) is 4.98 Å². The highest BCUT2D eigenvalue weighted by Crippen LogP contribution is 2.26. The predicted molar refractivity (Wildman–Crippen MR) is 40.4 cm³/mol. The zero-order valence-corrected chi connectivity index (χ0v) is 6.30. The van der Waals surface area contributed by atoms with Crippen LogP contribution in [0.25, 0.3) is 0 Å². The van der Waals surface area contributed by atoms with Crippen molar-refractivity contribution < 1.29 is 9.76 Å². The number of nitrogens with zero attached hydrogens (tertiary/aromatic N) is 3. The number of hydrogen-bond acceptors (Lipinski definition) is 6. The molecule has 0 bridgehead atoms. The molecule has 0 aromatic carbocycles. The lowest BCUT2D eigenvalue weighted by Crippen LogP contribution is -2.07. The van der Waals surface area contributed by atoms with E-state index in [0.717, 1.165) is 0 Å². The molecule has 1 aromatic rings. The van der Waals surface area contributed by atoms with Crippen LogP contribution in [0, 0.1) is 21.4 Å². The van der Waals surface area contributed by atoms with Crippen LogP contribution < -0.4 is 10.7 Å². The summed E-state index contributed by atoms with van der Waals surface area (Å²) in [7, 11) is 0. The standard InChI is InChI=1S/C6H4N4O3/c7-3-4-1-2-9-6(13-8)5(4)10(11)12/h1-2H,8H2. The number of nitriles is 1. The number of nitro groups is 1. The Bertz CT molecular complexity index is 384. The fourth-order valence-corrected chi connectivity index (χ4v) is 0.788. The average Bonchev–Trinajstić information content (AvgIpc) is 2.16. The maximum Gasteiger partial charge on any atom is 0.350 e. The number of aromatic nitrogens is 1. The summed E-state index contributed by atoms with van der Waals surface area (Å²) < 4.78 is 0. The van der Waals surface area contributed by atoms with E-state index in [4.69, 9.17) is 11.2 Å². The zero-order valence-electron chi connectivity index (χ0n) is 6.30. The van der Waals surface area contributed by atoms with E-state index in [1.807, 2.05) is 0 Å². The second kappa shape index (κ2) is 3.46. The van der Waals surface area contributed by atoms with Crippen molar-refractivity contribution in [3.8, 4) is 11.9 Å². The Morgan fingerprint density at radius 1 is 1.77 bits per heavy atom. The van der Waals surface area contributed by atoms with Gasteiger partial charge in [0.05, 0.1) is 4.92 Å². The van der Waals surface area contributed by atoms with Crippen LogP contribution in [0.1, 0.15) is 5.56 Å². The molecule has 0 aliphatic rings. The molecule has 0 amide bonds. The molecular formula is C6H4N4O3. The third-order valence-corrected chi connectivity index (χ3v) is 1.31. The van der Waals surface area contributed by atoms with E-state index in [1.165, 1.54) is 12.3 Å². The van der Waals surface area contributed by atoms with Crippen LogP contribution in [0.4, 0.5) is 5.69 Å². The average molecular weight is 180 g/mol. The fourth-order valence-electron chi connectivity index (χ4n) is 0.788.